The van der Waals surface area contributed by atoms with E-state index in [4.69, 9.17) is 4.74 Å². The van der Waals surface area contributed by atoms with E-state index < -0.39 is 0 Å². The van der Waals surface area contributed by atoms with Crippen LogP contribution in [-0.4, -0.2) is 19.7 Å². The second-order valence-corrected chi connectivity index (χ2v) is 5.17. The predicted octanol–water partition coefficient (Wildman–Crippen LogP) is 3.14. The van der Waals surface area contributed by atoms with Gasteiger partial charge in [-0.05, 0) is 59.4 Å². The van der Waals surface area contributed by atoms with Gasteiger partial charge in [0.15, 0.2) is 0 Å². The number of ether oxygens (including phenoxy) is 1. The zero-order chi connectivity index (χ0) is 11.4. The lowest BCUT2D eigenvalue weighted by Gasteiger charge is -2.23. The van der Waals surface area contributed by atoms with E-state index in [1.165, 1.54) is 31.4 Å². The van der Waals surface area contributed by atoms with Crippen molar-refractivity contribution in [2.24, 2.45) is 0 Å². The molecule has 0 bridgehead atoms. The van der Waals surface area contributed by atoms with Crippen molar-refractivity contribution in [3.05, 3.63) is 28.2 Å². The van der Waals surface area contributed by atoms with Crippen molar-refractivity contribution in [2.75, 3.05) is 13.7 Å². The van der Waals surface area contributed by atoms with Gasteiger partial charge in [-0.25, -0.2) is 0 Å². The third kappa shape index (κ3) is 2.98. The molecule has 0 saturated carbocycles. The number of methoxy groups -OCH3 is 1. The Kier molecular flexibility index (Phi) is 4.24. The van der Waals surface area contributed by atoms with Gasteiger partial charge in [0.1, 0.15) is 5.75 Å². The fourth-order valence-electron chi connectivity index (χ4n) is 2.22. The summed E-state index contributed by atoms with van der Waals surface area (Å²) < 4.78 is 6.27. The Hall–Kier alpha value is -0.540. The number of piperidine rings is 1. The summed E-state index contributed by atoms with van der Waals surface area (Å²) in [5, 5.41) is 3.57. The van der Waals surface area contributed by atoms with Crippen molar-refractivity contribution < 1.29 is 4.74 Å². The Balaban J connectivity index is 2.01. The second-order valence-electron chi connectivity index (χ2n) is 4.32. The number of hydrogen-bond acceptors (Lipinski definition) is 2. The molecule has 1 heterocycles. The monoisotopic (exact) mass is 283 g/mol. The maximum absolute atomic E-state index is 5.23. The van der Waals surface area contributed by atoms with Crippen molar-refractivity contribution in [3.63, 3.8) is 0 Å². The van der Waals surface area contributed by atoms with Crippen LogP contribution in [-0.2, 0) is 6.42 Å². The van der Waals surface area contributed by atoms with Gasteiger partial charge in [0.05, 0.1) is 11.6 Å². The molecule has 0 aromatic heterocycles. The summed E-state index contributed by atoms with van der Waals surface area (Å²) in [5.41, 5.74) is 1.37. The molecule has 1 fully saturated rings. The lowest BCUT2D eigenvalue weighted by molar-refractivity contribution is 0.398. The highest BCUT2D eigenvalue weighted by Crippen LogP contribution is 2.26. The fourth-order valence-corrected chi connectivity index (χ4v) is 2.81. The van der Waals surface area contributed by atoms with Gasteiger partial charge in [0.2, 0.25) is 0 Å². The Bertz CT molecular complexity index is 348. The minimum Gasteiger partial charge on any atom is -0.496 e. The average Bonchev–Trinajstić information content (AvgIpc) is 2.31. The molecular formula is C13H18BrNO. The molecule has 1 aromatic carbocycles. The minimum atomic E-state index is 0.647. The van der Waals surface area contributed by atoms with E-state index in [1.54, 1.807) is 7.11 Å². The molecule has 1 aliphatic heterocycles. The first kappa shape index (κ1) is 11.9. The van der Waals surface area contributed by atoms with Gasteiger partial charge < -0.3 is 10.1 Å². The van der Waals surface area contributed by atoms with E-state index in [2.05, 4.69) is 33.4 Å². The summed E-state index contributed by atoms with van der Waals surface area (Å²) in [7, 11) is 1.70. The summed E-state index contributed by atoms with van der Waals surface area (Å²) >= 11 is 3.53. The van der Waals surface area contributed by atoms with Crippen LogP contribution in [0.1, 0.15) is 24.8 Å². The Morgan fingerprint density at radius 1 is 1.44 bits per heavy atom. The Labute approximate surface area is 106 Å². The summed E-state index contributed by atoms with van der Waals surface area (Å²) in [6, 6.07) is 6.99. The largest absolute Gasteiger partial charge is 0.496 e. The maximum Gasteiger partial charge on any atom is 0.133 e. The van der Waals surface area contributed by atoms with Crippen LogP contribution >= 0.6 is 15.9 Å². The first-order valence-corrected chi connectivity index (χ1v) is 6.64. The highest BCUT2D eigenvalue weighted by atomic mass is 79.9. The maximum atomic E-state index is 5.23. The normalized spacial score (nSPS) is 20.8. The molecule has 1 aliphatic rings. The van der Waals surface area contributed by atoms with Crippen LogP contribution < -0.4 is 10.1 Å². The van der Waals surface area contributed by atoms with Crippen LogP contribution in [0, 0.1) is 0 Å². The topological polar surface area (TPSA) is 21.3 Å². The van der Waals surface area contributed by atoms with Crippen LogP contribution in [0.4, 0.5) is 0 Å². The molecule has 0 aliphatic carbocycles. The molecule has 0 spiro atoms. The molecule has 2 rings (SSSR count). The van der Waals surface area contributed by atoms with E-state index in [1.807, 2.05) is 6.07 Å². The minimum absolute atomic E-state index is 0.647. The van der Waals surface area contributed by atoms with Crippen molar-refractivity contribution in [1.82, 2.24) is 5.32 Å². The smallest absolute Gasteiger partial charge is 0.133 e. The van der Waals surface area contributed by atoms with Gasteiger partial charge in [-0.2, -0.15) is 0 Å². The quantitative estimate of drug-likeness (QED) is 0.920. The second kappa shape index (κ2) is 5.69. The first-order chi connectivity index (χ1) is 7.79. The van der Waals surface area contributed by atoms with Gasteiger partial charge in [-0.1, -0.05) is 12.5 Å². The van der Waals surface area contributed by atoms with Crippen LogP contribution in [0.5, 0.6) is 5.75 Å². The molecule has 1 unspecified atom stereocenters. The molecule has 2 nitrogen and oxygen atoms in total. The third-order valence-corrected chi connectivity index (χ3v) is 3.73. The van der Waals surface area contributed by atoms with Gasteiger partial charge in [-0.3, -0.25) is 0 Å². The van der Waals surface area contributed by atoms with E-state index in [-0.39, 0.29) is 0 Å². The van der Waals surface area contributed by atoms with Crippen molar-refractivity contribution >= 4 is 15.9 Å². The summed E-state index contributed by atoms with van der Waals surface area (Å²) in [6.07, 6.45) is 5.09. The third-order valence-electron chi connectivity index (χ3n) is 3.11. The van der Waals surface area contributed by atoms with Crippen LogP contribution in [0.15, 0.2) is 22.7 Å². The molecule has 16 heavy (non-hydrogen) atoms. The highest BCUT2D eigenvalue weighted by Gasteiger charge is 2.13. The lowest BCUT2D eigenvalue weighted by atomic mass is 9.98. The van der Waals surface area contributed by atoms with Gasteiger partial charge in [-0.15, -0.1) is 0 Å². The van der Waals surface area contributed by atoms with Crippen molar-refractivity contribution in [3.8, 4) is 5.75 Å². The highest BCUT2D eigenvalue weighted by molar-refractivity contribution is 9.10. The molecule has 1 aromatic rings. The van der Waals surface area contributed by atoms with E-state index in [0.717, 1.165) is 16.6 Å². The zero-order valence-electron chi connectivity index (χ0n) is 9.63. The molecule has 0 amide bonds. The van der Waals surface area contributed by atoms with Crippen molar-refractivity contribution in [1.29, 1.82) is 0 Å². The van der Waals surface area contributed by atoms with Crippen LogP contribution in [0.3, 0.4) is 0 Å². The van der Waals surface area contributed by atoms with E-state index in [9.17, 15) is 0 Å². The molecular weight excluding hydrogens is 266 g/mol. The number of halogens is 1. The molecule has 88 valence electrons. The summed E-state index contributed by atoms with van der Waals surface area (Å²) in [6.45, 7) is 1.17. The lowest BCUT2D eigenvalue weighted by Crippen LogP contribution is -2.35. The first-order valence-electron chi connectivity index (χ1n) is 5.85. The van der Waals surface area contributed by atoms with E-state index in [0.29, 0.717) is 6.04 Å². The average molecular weight is 284 g/mol. The van der Waals surface area contributed by atoms with Crippen LogP contribution in [0.25, 0.3) is 0 Å². The summed E-state index contributed by atoms with van der Waals surface area (Å²) in [4.78, 5) is 0. The number of benzene rings is 1. The number of nitrogens with one attached hydrogen (secondary N) is 1. The standard InChI is InChI=1S/C13H18BrNO/c1-16-13-6-5-10(9-12(13)14)8-11-4-2-3-7-15-11/h5-6,9,11,15H,2-4,7-8H2,1H3. The van der Waals surface area contributed by atoms with Crippen LogP contribution in [0.2, 0.25) is 0 Å². The van der Waals surface area contributed by atoms with E-state index >= 15 is 0 Å². The molecule has 1 saturated heterocycles. The summed E-state index contributed by atoms with van der Waals surface area (Å²) in [5.74, 6) is 0.903. The Morgan fingerprint density at radius 2 is 2.31 bits per heavy atom. The molecule has 1 atom stereocenters. The molecule has 0 radical (unpaired) electrons. The molecule has 1 N–H and O–H groups in total. The van der Waals surface area contributed by atoms with Gasteiger partial charge in [0, 0.05) is 6.04 Å². The number of rotatable bonds is 3. The van der Waals surface area contributed by atoms with Gasteiger partial charge in [0.25, 0.3) is 0 Å². The SMILES string of the molecule is COc1ccc(CC2CCCCN2)cc1Br. The van der Waals surface area contributed by atoms with Gasteiger partial charge >= 0.3 is 0 Å². The number of hydrogen-bond donors (Lipinski definition) is 1. The fraction of sp³-hybridized carbons (Fsp3) is 0.538. The van der Waals surface area contributed by atoms with Crippen molar-refractivity contribution in [2.45, 2.75) is 31.7 Å². The molecule has 3 heteroatoms. The Morgan fingerprint density at radius 3 is 2.94 bits per heavy atom. The zero-order valence-corrected chi connectivity index (χ0v) is 11.2. The predicted molar refractivity (Wildman–Crippen MR) is 70.0 cm³/mol.